The van der Waals surface area contributed by atoms with Crippen LogP contribution in [0.2, 0.25) is 0 Å². The van der Waals surface area contributed by atoms with Crippen LogP contribution in [0.25, 0.3) is 6.08 Å². The highest BCUT2D eigenvalue weighted by Crippen LogP contribution is 2.23. The van der Waals surface area contributed by atoms with Gasteiger partial charge in [-0.2, -0.15) is 0 Å². The van der Waals surface area contributed by atoms with Gasteiger partial charge in [-0.15, -0.1) is 0 Å². The fraction of sp³-hybridized carbons (Fsp3) is 0.308. The first kappa shape index (κ1) is 13.2. The van der Waals surface area contributed by atoms with Gasteiger partial charge in [0.1, 0.15) is 11.6 Å². The highest BCUT2D eigenvalue weighted by molar-refractivity contribution is 5.85. The third-order valence-corrected chi connectivity index (χ3v) is 2.28. The summed E-state index contributed by atoms with van der Waals surface area (Å²) in [6.07, 6.45) is 3.13. The van der Waals surface area contributed by atoms with Crippen LogP contribution in [0.5, 0.6) is 5.75 Å². The minimum atomic E-state index is -1.05. The van der Waals surface area contributed by atoms with E-state index in [0.717, 1.165) is 12.5 Å². The largest absolute Gasteiger partial charge is 0.490 e. The summed E-state index contributed by atoms with van der Waals surface area (Å²) in [4.78, 5) is 10.4. The van der Waals surface area contributed by atoms with E-state index in [1.807, 2.05) is 13.8 Å². The molecule has 1 N–H and O–H groups in total. The van der Waals surface area contributed by atoms with Crippen molar-refractivity contribution < 1.29 is 19.0 Å². The van der Waals surface area contributed by atoms with Crippen LogP contribution in [0.15, 0.2) is 24.3 Å². The number of benzene rings is 1. The van der Waals surface area contributed by atoms with Gasteiger partial charge in [0.2, 0.25) is 0 Å². The monoisotopic (exact) mass is 238 g/mol. The maximum Gasteiger partial charge on any atom is 0.328 e. The van der Waals surface area contributed by atoms with E-state index in [0.29, 0.717) is 11.3 Å². The van der Waals surface area contributed by atoms with Crippen LogP contribution in [0.4, 0.5) is 4.39 Å². The van der Waals surface area contributed by atoms with Crippen molar-refractivity contribution in [2.24, 2.45) is 0 Å². The maximum atomic E-state index is 13.1. The second-order valence-electron chi connectivity index (χ2n) is 3.69. The zero-order valence-electron chi connectivity index (χ0n) is 9.81. The number of hydrogen-bond donors (Lipinski definition) is 1. The molecule has 0 aromatic heterocycles. The van der Waals surface area contributed by atoms with E-state index in [2.05, 4.69) is 0 Å². The summed E-state index contributed by atoms with van der Waals surface area (Å²) in [6, 6.07) is 4.02. The van der Waals surface area contributed by atoms with E-state index in [-0.39, 0.29) is 6.10 Å². The predicted octanol–water partition coefficient (Wildman–Crippen LogP) is 3.10. The molecule has 0 aliphatic carbocycles. The van der Waals surface area contributed by atoms with Crippen LogP contribution in [-0.4, -0.2) is 17.2 Å². The van der Waals surface area contributed by atoms with Gasteiger partial charge in [-0.1, -0.05) is 6.92 Å². The molecule has 0 saturated carbocycles. The number of carboxylic acid groups (broad SMARTS) is 1. The molecule has 0 aliphatic rings. The smallest absolute Gasteiger partial charge is 0.328 e. The van der Waals surface area contributed by atoms with E-state index in [9.17, 15) is 9.18 Å². The van der Waals surface area contributed by atoms with E-state index in [4.69, 9.17) is 9.84 Å². The standard InChI is InChI=1S/C13H15FO3/c1-3-9(2)17-12-8-11(14)6-4-10(12)5-7-13(15)16/h4-9H,3H2,1-2H3,(H,15,16)/b7-5+. The van der Waals surface area contributed by atoms with Gasteiger partial charge < -0.3 is 9.84 Å². The van der Waals surface area contributed by atoms with E-state index >= 15 is 0 Å². The Bertz CT molecular complexity index is 427. The summed E-state index contributed by atoms with van der Waals surface area (Å²) in [7, 11) is 0. The number of rotatable bonds is 5. The Morgan fingerprint density at radius 2 is 2.29 bits per heavy atom. The minimum Gasteiger partial charge on any atom is -0.490 e. The normalized spacial score (nSPS) is 12.6. The van der Waals surface area contributed by atoms with Gasteiger partial charge in [-0.3, -0.25) is 0 Å². The van der Waals surface area contributed by atoms with Crippen LogP contribution in [0.3, 0.4) is 0 Å². The molecule has 0 spiro atoms. The molecule has 0 fully saturated rings. The molecule has 0 aliphatic heterocycles. The summed E-state index contributed by atoms with van der Waals surface area (Å²) < 4.78 is 18.6. The third-order valence-electron chi connectivity index (χ3n) is 2.28. The lowest BCUT2D eigenvalue weighted by molar-refractivity contribution is -0.131. The van der Waals surface area contributed by atoms with Crippen molar-refractivity contribution in [3.05, 3.63) is 35.7 Å². The maximum absolute atomic E-state index is 13.1. The van der Waals surface area contributed by atoms with Gasteiger partial charge in [0, 0.05) is 17.7 Å². The molecule has 1 rings (SSSR count). The van der Waals surface area contributed by atoms with Gasteiger partial charge in [-0.25, -0.2) is 9.18 Å². The quantitative estimate of drug-likeness (QED) is 0.802. The number of aliphatic carboxylic acids is 1. The molecule has 1 aromatic carbocycles. The van der Waals surface area contributed by atoms with Crippen molar-refractivity contribution in [3.8, 4) is 5.75 Å². The minimum absolute atomic E-state index is 0.0474. The highest BCUT2D eigenvalue weighted by atomic mass is 19.1. The average Bonchev–Trinajstić information content (AvgIpc) is 2.27. The number of carboxylic acids is 1. The molecule has 4 heteroatoms. The Morgan fingerprint density at radius 1 is 1.59 bits per heavy atom. The molecular weight excluding hydrogens is 223 g/mol. The van der Waals surface area contributed by atoms with Crippen molar-refractivity contribution in [2.45, 2.75) is 26.4 Å². The Labute approximate surface area is 99.5 Å². The predicted molar refractivity (Wildman–Crippen MR) is 63.5 cm³/mol. The first-order valence-corrected chi connectivity index (χ1v) is 5.40. The summed E-state index contributed by atoms with van der Waals surface area (Å²) in [5, 5.41) is 8.55. The Kier molecular flexibility index (Phi) is 4.69. The first-order valence-electron chi connectivity index (χ1n) is 5.40. The van der Waals surface area contributed by atoms with Gasteiger partial charge in [0.25, 0.3) is 0 Å². The molecule has 3 nitrogen and oxygen atoms in total. The van der Waals surface area contributed by atoms with Crippen LogP contribution in [0, 0.1) is 5.82 Å². The second kappa shape index (κ2) is 6.03. The van der Waals surface area contributed by atoms with Crippen molar-refractivity contribution >= 4 is 12.0 Å². The van der Waals surface area contributed by atoms with Crippen molar-refractivity contribution in [1.82, 2.24) is 0 Å². The Balaban J connectivity index is 2.99. The molecule has 1 atom stereocenters. The van der Waals surface area contributed by atoms with Gasteiger partial charge >= 0.3 is 5.97 Å². The second-order valence-corrected chi connectivity index (χ2v) is 3.69. The van der Waals surface area contributed by atoms with Crippen molar-refractivity contribution in [1.29, 1.82) is 0 Å². The number of halogens is 1. The lowest BCUT2D eigenvalue weighted by Crippen LogP contribution is -2.10. The third kappa shape index (κ3) is 4.26. The number of hydrogen-bond acceptors (Lipinski definition) is 2. The van der Waals surface area contributed by atoms with Crippen molar-refractivity contribution in [2.75, 3.05) is 0 Å². The van der Waals surface area contributed by atoms with Crippen LogP contribution >= 0.6 is 0 Å². The zero-order chi connectivity index (χ0) is 12.8. The van der Waals surface area contributed by atoms with Crippen molar-refractivity contribution in [3.63, 3.8) is 0 Å². The molecule has 92 valence electrons. The molecule has 0 bridgehead atoms. The summed E-state index contributed by atoms with van der Waals surface area (Å²) in [5.41, 5.74) is 0.550. The summed E-state index contributed by atoms with van der Waals surface area (Å²) >= 11 is 0. The molecular formula is C13H15FO3. The lowest BCUT2D eigenvalue weighted by atomic mass is 10.1. The topological polar surface area (TPSA) is 46.5 Å². The van der Waals surface area contributed by atoms with Crippen LogP contribution < -0.4 is 4.74 Å². The summed E-state index contributed by atoms with van der Waals surface area (Å²) in [5.74, 6) is -1.10. The number of carbonyl (C=O) groups is 1. The summed E-state index contributed by atoms with van der Waals surface area (Å²) in [6.45, 7) is 3.83. The lowest BCUT2D eigenvalue weighted by Gasteiger charge is -2.14. The van der Waals surface area contributed by atoms with E-state index < -0.39 is 11.8 Å². The molecule has 1 unspecified atom stereocenters. The number of ether oxygens (including phenoxy) is 1. The molecule has 0 saturated heterocycles. The molecule has 1 aromatic rings. The molecule has 17 heavy (non-hydrogen) atoms. The van der Waals surface area contributed by atoms with Gasteiger partial charge in [0.05, 0.1) is 6.10 Å². The SMILES string of the molecule is CCC(C)Oc1cc(F)ccc1/C=C/C(=O)O. The fourth-order valence-electron chi connectivity index (χ4n) is 1.21. The molecule has 0 amide bonds. The first-order chi connectivity index (χ1) is 8.02. The Morgan fingerprint density at radius 3 is 2.88 bits per heavy atom. The highest BCUT2D eigenvalue weighted by Gasteiger charge is 2.07. The molecule has 0 heterocycles. The van der Waals surface area contributed by atoms with Crippen LogP contribution in [0.1, 0.15) is 25.8 Å². The molecule has 0 radical (unpaired) electrons. The Hall–Kier alpha value is -1.84. The average molecular weight is 238 g/mol. The van der Waals surface area contributed by atoms with Crippen LogP contribution in [-0.2, 0) is 4.79 Å². The zero-order valence-corrected chi connectivity index (χ0v) is 9.81. The van der Waals surface area contributed by atoms with E-state index in [1.54, 1.807) is 0 Å². The van der Waals surface area contributed by atoms with Gasteiger partial charge in [-0.05, 0) is 31.6 Å². The van der Waals surface area contributed by atoms with E-state index in [1.165, 1.54) is 24.3 Å². The fourth-order valence-corrected chi connectivity index (χ4v) is 1.21. The van der Waals surface area contributed by atoms with Gasteiger partial charge in [0.15, 0.2) is 0 Å².